The fourth-order valence-electron chi connectivity index (χ4n) is 2.17. The number of oxime groups is 1. The predicted molar refractivity (Wildman–Crippen MR) is 85.9 cm³/mol. The molecule has 1 rings (SSSR count). The van der Waals surface area contributed by atoms with Crippen LogP contribution in [-0.2, 0) is 4.79 Å². The summed E-state index contributed by atoms with van der Waals surface area (Å²) < 4.78 is 0. The summed E-state index contributed by atoms with van der Waals surface area (Å²) in [5, 5.41) is 14.8. The molecule has 0 aliphatic rings. The van der Waals surface area contributed by atoms with Gasteiger partial charge in [-0.2, -0.15) is 0 Å². The highest BCUT2D eigenvalue weighted by Crippen LogP contribution is 2.25. The summed E-state index contributed by atoms with van der Waals surface area (Å²) in [5.74, 6) is -0.0402. The first-order valence-electron chi connectivity index (χ1n) is 7.11. The van der Waals surface area contributed by atoms with E-state index in [1.165, 1.54) is 0 Å². The number of halogens is 1. The summed E-state index contributed by atoms with van der Waals surface area (Å²) in [4.78, 5) is 12.3. The minimum Gasteiger partial charge on any atom is -0.409 e. The number of carbonyl (C=O) groups excluding carboxylic acids is 1. The van der Waals surface area contributed by atoms with Crippen molar-refractivity contribution < 1.29 is 10.0 Å². The van der Waals surface area contributed by atoms with Crippen LogP contribution in [0, 0.1) is 5.92 Å². The molecule has 1 aromatic carbocycles. The fraction of sp³-hybridized carbons (Fsp3) is 0.467. The number of nitrogens with zero attached hydrogens (tertiary/aromatic N) is 1. The van der Waals surface area contributed by atoms with E-state index in [0.717, 1.165) is 25.7 Å². The molecule has 4 N–H and O–H groups in total. The Bertz CT molecular complexity index is 512. The number of anilines is 1. The smallest absolute Gasteiger partial charge is 0.227 e. The van der Waals surface area contributed by atoms with Crippen LogP contribution >= 0.6 is 11.6 Å². The molecule has 0 atom stereocenters. The van der Waals surface area contributed by atoms with Crippen molar-refractivity contribution in [1.29, 1.82) is 0 Å². The molecular formula is C15H22ClN3O2. The average Bonchev–Trinajstić information content (AvgIpc) is 2.48. The van der Waals surface area contributed by atoms with Crippen molar-refractivity contribution in [3.63, 3.8) is 0 Å². The zero-order chi connectivity index (χ0) is 15.8. The molecule has 6 heteroatoms. The van der Waals surface area contributed by atoms with Crippen molar-refractivity contribution in [1.82, 2.24) is 0 Å². The highest BCUT2D eigenvalue weighted by molar-refractivity contribution is 6.34. The molecule has 0 unspecified atom stereocenters. The van der Waals surface area contributed by atoms with Crippen molar-refractivity contribution >= 4 is 29.0 Å². The molecule has 21 heavy (non-hydrogen) atoms. The zero-order valence-corrected chi connectivity index (χ0v) is 13.2. The van der Waals surface area contributed by atoms with Gasteiger partial charge in [0.25, 0.3) is 0 Å². The molecule has 0 aromatic heterocycles. The Balaban J connectivity index is 2.85. The maximum Gasteiger partial charge on any atom is 0.227 e. The molecule has 0 saturated carbocycles. The van der Waals surface area contributed by atoms with Gasteiger partial charge in [-0.25, -0.2) is 0 Å². The van der Waals surface area contributed by atoms with Gasteiger partial charge < -0.3 is 16.3 Å². The van der Waals surface area contributed by atoms with Gasteiger partial charge in [0.2, 0.25) is 5.91 Å². The van der Waals surface area contributed by atoms with Crippen molar-refractivity contribution in [2.24, 2.45) is 16.8 Å². The second kappa shape index (κ2) is 8.52. The van der Waals surface area contributed by atoms with E-state index in [1.807, 2.05) is 0 Å². The summed E-state index contributed by atoms with van der Waals surface area (Å²) in [6, 6.07) is 4.86. The van der Waals surface area contributed by atoms with E-state index in [1.54, 1.807) is 18.2 Å². The lowest BCUT2D eigenvalue weighted by molar-refractivity contribution is -0.120. The van der Waals surface area contributed by atoms with Crippen LogP contribution in [0.5, 0.6) is 0 Å². The molecule has 116 valence electrons. The molecule has 0 radical (unpaired) electrons. The first kappa shape index (κ1) is 17.3. The molecule has 5 nitrogen and oxygen atoms in total. The van der Waals surface area contributed by atoms with Crippen molar-refractivity contribution in [3.8, 4) is 0 Å². The van der Waals surface area contributed by atoms with E-state index in [9.17, 15) is 4.79 Å². The second-order valence-electron chi connectivity index (χ2n) is 4.94. The van der Waals surface area contributed by atoms with Gasteiger partial charge in [-0.15, -0.1) is 0 Å². The fourth-order valence-corrected chi connectivity index (χ4v) is 2.40. The molecule has 0 fully saturated rings. The molecule has 0 saturated heterocycles. The maximum atomic E-state index is 12.3. The lowest BCUT2D eigenvalue weighted by Gasteiger charge is -2.16. The van der Waals surface area contributed by atoms with Crippen LogP contribution in [-0.4, -0.2) is 17.0 Å². The normalized spacial score (nSPS) is 11.7. The van der Waals surface area contributed by atoms with Crippen molar-refractivity contribution in [2.75, 3.05) is 5.32 Å². The Morgan fingerprint density at radius 3 is 2.48 bits per heavy atom. The van der Waals surface area contributed by atoms with Gasteiger partial charge >= 0.3 is 0 Å². The Kier molecular flexibility index (Phi) is 7.02. The molecule has 0 spiro atoms. The largest absolute Gasteiger partial charge is 0.409 e. The van der Waals surface area contributed by atoms with E-state index in [-0.39, 0.29) is 17.7 Å². The Morgan fingerprint density at radius 1 is 1.38 bits per heavy atom. The van der Waals surface area contributed by atoms with Gasteiger partial charge in [-0.1, -0.05) is 43.4 Å². The van der Waals surface area contributed by atoms with E-state index in [0.29, 0.717) is 16.3 Å². The SMILES string of the molecule is CCCC(CCC)C(=O)Nc1ccc(/C(N)=N/O)cc1Cl. The average molecular weight is 312 g/mol. The highest BCUT2D eigenvalue weighted by atomic mass is 35.5. The molecule has 0 bridgehead atoms. The van der Waals surface area contributed by atoms with Gasteiger partial charge in [-0.3, -0.25) is 4.79 Å². The number of hydrogen-bond donors (Lipinski definition) is 3. The number of carbonyl (C=O) groups is 1. The number of amidine groups is 1. The summed E-state index contributed by atoms with van der Waals surface area (Å²) in [5.41, 5.74) is 6.53. The molecule has 1 aromatic rings. The quantitative estimate of drug-likeness (QED) is 0.311. The van der Waals surface area contributed by atoms with Gasteiger partial charge in [0, 0.05) is 11.5 Å². The first-order chi connectivity index (χ1) is 10.0. The van der Waals surface area contributed by atoms with Gasteiger partial charge in [0.05, 0.1) is 10.7 Å². The summed E-state index contributed by atoms with van der Waals surface area (Å²) in [6.45, 7) is 4.13. The van der Waals surface area contributed by atoms with Crippen LogP contribution in [0.3, 0.4) is 0 Å². The van der Waals surface area contributed by atoms with Crippen molar-refractivity contribution in [2.45, 2.75) is 39.5 Å². The zero-order valence-electron chi connectivity index (χ0n) is 12.4. The number of benzene rings is 1. The lowest BCUT2D eigenvalue weighted by Crippen LogP contribution is -2.23. The number of nitrogens with two attached hydrogens (primary N) is 1. The van der Waals surface area contributed by atoms with Crippen LogP contribution in [0.15, 0.2) is 23.4 Å². The predicted octanol–water partition coefficient (Wildman–Crippen LogP) is 3.59. The highest BCUT2D eigenvalue weighted by Gasteiger charge is 2.17. The van der Waals surface area contributed by atoms with Gasteiger partial charge in [-0.05, 0) is 31.0 Å². The number of amides is 1. The third-order valence-corrected chi connectivity index (χ3v) is 3.59. The van der Waals surface area contributed by atoms with Crippen LogP contribution in [0.2, 0.25) is 5.02 Å². The third-order valence-electron chi connectivity index (χ3n) is 3.28. The van der Waals surface area contributed by atoms with Crippen LogP contribution in [0.25, 0.3) is 0 Å². The lowest BCUT2D eigenvalue weighted by atomic mass is 9.97. The molecule has 0 aliphatic carbocycles. The van der Waals surface area contributed by atoms with Crippen LogP contribution < -0.4 is 11.1 Å². The number of hydrogen-bond acceptors (Lipinski definition) is 3. The second-order valence-corrected chi connectivity index (χ2v) is 5.35. The summed E-state index contributed by atoms with van der Waals surface area (Å²) >= 11 is 6.13. The maximum absolute atomic E-state index is 12.3. The minimum absolute atomic E-state index is 0.000169. The molecular weight excluding hydrogens is 290 g/mol. The summed E-state index contributed by atoms with van der Waals surface area (Å²) in [6.07, 6.45) is 3.65. The Hall–Kier alpha value is -1.75. The van der Waals surface area contributed by atoms with E-state index in [2.05, 4.69) is 24.3 Å². The summed E-state index contributed by atoms with van der Waals surface area (Å²) in [7, 11) is 0. The van der Waals surface area contributed by atoms with Gasteiger partial charge in [0.15, 0.2) is 5.84 Å². The Morgan fingerprint density at radius 2 is 2.00 bits per heavy atom. The van der Waals surface area contributed by atoms with Crippen molar-refractivity contribution in [3.05, 3.63) is 28.8 Å². The third kappa shape index (κ3) is 4.93. The number of nitrogens with one attached hydrogen (secondary N) is 1. The van der Waals surface area contributed by atoms with Crippen LogP contribution in [0.4, 0.5) is 5.69 Å². The molecule has 1 amide bonds. The van der Waals surface area contributed by atoms with E-state index < -0.39 is 0 Å². The van der Waals surface area contributed by atoms with Gasteiger partial charge in [0.1, 0.15) is 0 Å². The molecule has 0 heterocycles. The molecule has 0 aliphatic heterocycles. The first-order valence-corrected chi connectivity index (χ1v) is 7.49. The number of rotatable bonds is 7. The van der Waals surface area contributed by atoms with Crippen LogP contribution in [0.1, 0.15) is 45.1 Å². The topological polar surface area (TPSA) is 87.7 Å². The standard InChI is InChI=1S/C15H22ClN3O2/c1-3-5-10(6-4-2)15(20)18-13-8-7-11(9-12(13)16)14(17)19-21/h7-10,21H,3-6H2,1-2H3,(H2,17,19)(H,18,20). The minimum atomic E-state index is -0.0235. The van der Waals surface area contributed by atoms with E-state index in [4.69, 9.17) is 22.5 Å². The monoisotopic (exact) mass is 311 g/mol. The van der Waals surface area contributed by atoms with E-state index >= 15 is 0 Å². The Labute approximate surface area is 130 Å².